The molecule has 0 unspecified atom stereocenters. The number of nitrogens with zero attached hydrogens (tertiary/aromatic N) is 5. The zero-order chi connectivity index (χ0) is 54.6. The zero-order valence-corrected chi connectivity index (χ0v) is 46.2. The fourth-order valence-electron chi connectivity index (χ4n) is 16.4. The Kier molecular flexibility index (Phi) is 11.2. The Morgan fingerprint density at radius 1 is 0.494 bits per heavy atom. The topological polar surface area (TPSA) is 36.8 Å². The van der Waals surface area contributed by atoms with Gasteiger partial charge in [0, 0.05) is 57.0 Å². The van der Waals surface area contributed by atoms with Gasteiger partial charge in [0.25, 0.3) is 0 Å². The van der Waals surface area contributed by atoms with Crippen LogP contribution in [0.3, 0.4) is 0 Å². The highest BCUT2D eigenvalue weighted by molar-refractivity contribution is 6.77. The van der Waals surface area contributed by atoms with Crippen LogP contribution in [0.2, 0.25) is 0 Å². The minimum Gasteiger partial charge on any atom is -0.457 e. The molecule has 7 aliphatic rings. The van der Waals surface area contributed by atoms with Gasteiger partial charge in [0.1, 0.15) is 24.0 Å². The van der Waals surface area contributed by atoms with Crippen LogP contribution in [0.25, 0.3) is 67.1 Å². The number of allylic oxidation sites excluding steroid dienone is 3. The largest absolute Gasteiger partial charge is 0.457 e. The first-order chi connectivity index (χ1) is 41.1. The summed E-state index contributed by atoms with van der Waals surface area (Å²) in [5.41, 5.74) is 19.1. The van der Waals surface area contributed by atoms with Crippen molar-refractivity contribution in [3.8, 4) is 50.7 Å². The quantitative estimate of drug-likeness (QED) is 0.128. The molecule has 5 heterocycles. The zero-order valence-electron chi connectivity index (χ0n) is 46.2. The van der Waals surface area contributed by atoms with Crippen LogP contribution in [0.15, 0.2) is 267 Å². The third-order valence-corrected chi connectivity index (χ3v) is 19.6. The number of anilines is 5. The van der Waals surface area contributed by atoms with Gasteiger partial charge in [-0.15, -0.1) is 0 Å². The van der Waals surface area contributed by atoms with Crippen LogP contribution in [0.1, 0.15) is 43.2 Å². The Morgan fingerprint density at radius 3 is 1.87 bits per heavy atom. The van der Waals surface area contributed by atoms with Crippen LogP contribution in [-0.2, 0) is 5.41 Å². The second kappa shape index (κ2) is 19.3. The van der Waals surface area contributed by atoms with Crippen molar-refractivity contribution >= 4 is 63.2 Å². The maximum absolute atomic E-state index is 7.24. The summed E-state index contributed by atoms with van der Waals surface area (Å²) < 4.78 is 9.65. The molecule has 0 spiro atoms. The molecular formula is C76H60BN5O. The predicted molar refractivity (Wildman–Crippen MR) is 343 cm³/mol. The van der Waals surface area contributed by atoms with Crippen molar-refractivity contribution in [2.24, 2.45) is 23.7 Å². The van der Waals surface area contributed by atoms with Crippen molar-refractivity contribution in [2.75, 3.05) is 21.3 Å². The van der Waals surface area contributed by atoms with Crippen LogP contribution in [0, 0.1) is 23.7 Å². The fraction of sp³-hybridized carbons (Fsp3) is 0.145. The standard InChI is InChI=1S/C76H60BN5O/c1-4-18-53(19-5-1)57-45-61(79-50-80(71-31-15-14-30-70(71)79)75-64(54-20-6-2-7-21-54)26-16-27-65(75)55-22-8-3-9-23-55)48-63(46-57)83-62-33-34-67-66-25-11-13-29-69(66)82(72(67)49-62)74-47-58(36-38-78-74)76(59-41-51-40-52(43-59)44-60(76)42-51)73-32-17-39-81-68-28-12-10-24-56(68)35-37-77(73)81/h1-39,45-49,51-52,59-60H,40-44,50H2. The molecule has 4 bridgehead atoms. The lowest BCUT2D eigenvalue weighted by Crippen LogP contribution is -2.60. The minimum atomic E-state index is -0.119. The van der Waals surface area contributed by atoms with Gasteiger partial charge in [-0.1, -0.05) is 181 Å². The van der Waals surface area contributed by atoms with Crippen molar-refractivity contribution < 1.29 is 4.74 Å². The summed E-state index contributed by atoms with van der Waals surface area (Å²) in [6.45, 7) is 0.751. The van der Waals surface area contributed by atoms with Crippen molar-refractivity contribution in [1.82, 2.24) is 9.55 Å². The van der Waals surface area contributed by atoms with Crippen LogP contribution in [-0.4, -0.2) is 23.1 Å². The average Bonchev–Trinajstić information content (AvgIpc) is 4.24. The molecule has 83 heavy (non-hydrogen) atoms. The predicted octanol–water partition coefficient (Wildman–Crippen LogP) is 19.0. The first kappa shape index (κ1) is 48.2. The number of benzene rings is 9. The molecule has 3 aliphatic heterocycles. The lowest BCUT2D eigenvalue weighted by atomic mass is 9.33. The lowest BCUT2D eigenvalue weighted by Gasteiger charge is -2.63. The van der Waals surface area contributed by atoms with Gasteiger partial charge in [0.2, 0.25) is 0 Å². The van der Waals surface area contributed by atoms with E-state index in [2.05, 4.69) is 286 Å². The summed E-state index contributed by atoms with van der Waals surface area (Å²) in [5, 5.41) is 2.37. The van der Waals surface area contributed by atoms with E-state index in [0.29, 0.717) is 18.5 Å². The van der Waals surface area contributed by atoms with E-state index >= 15 is 0 Å². The summed E-state index contributed by atoms with van der Waals surface area (Å²) >= 11 is 0. The second-order valence-corrected chi connectivity index (χ2v) is 23.9. The molecule has 0 atom stereocenters. The molecule has 4 aliphatic carbocycles. The monoisotopic (exact) mass is 1070 g/mol. The number of pyridine rings is 1. The van der Waals surface area contributed by atoms with Gasteiger partial charge in [-0.3, -0.25) is 4.57 Å². The smallest absolute Gasteiger partial charge is 0.316 e. The summed E-state index contributed by atoms with van der Waals surface area (Å²) in [5.74, 6) is 7.74. The van der Waals surface area contributed by atoms with Crippen LogP contribution >= 0.6 is 0 Å². The second-order valence-electron chi connectivity index (χ2n) is 23.9. The van der Waals surface area contributed by atoms with Crippen molar-refractivity contribution in [2.45, 2.75) is 37.5 Å². The van der Waals surface area contributed by atoms with E-state index in [-0.39, 0.29) is 12.3 Å². The molecule has 4 saturated carbocycles. The molecule has 18 rings (SSSR count). The van der Waals surface area contributed by atoms with Crippen LogP contribution < -0.4 is 19.3 Å². The molecular weight excluding hydrogens is 1010 g/mol. The Labute approximate surface area is 485 Å². The summed E-state index contributed by atoms with van der Waals surface area (Å²) in [4.78, 5) is 12.8. The fourth-order valence-corrected chi connectivity index (χ4v) is 16.4. The van der Waals surface area contributed by atoms with Gasteiger partial charge in [-0.2, -0.15) is 0 Å². The number of hydrogen-bond donors (Lipinski definition) is 0. The number of para-hydroxylation sites is 5. The maximum Gasteiger partial charge on any atom is 0.316 e. The van der Waals surface area contributed by atoms with E-state index < -0.39 is 0 Å². The molecule has 11 aromatic rings. The van der Waals surface area contributed by atoms with Crippen molar-refractivity contribution in [3.63, 3.8) is 0 Å². The third-order valence-electron chi connectivity index (χ3n) is 19.6. The van der Waals surface area contributed by atoms with Crippen molar-refractivity contribution in [3.05, 3.63) is 278 Å². The van der Waals surface area contributed by atoms with E-state index in [0.717, 1.165) is 68.4 Å². The van der Waals surface area contributed by atoms with Crippen LogP contribution in [0.4, 0.5) is 28.4 Å². The number of hydrogen-bond acceptors (Lipinski definition) is 5. The summed E-state index contributed by atoms with van der Waals surface area (Å²) in [6, 6.07) is 83.8. The first-order valence-corrected chi connectivity index (χ1v) is 29.8. The van der Waals surface area contributed by atoms with Gasteiger partial charge in [-0.05, 0) is 162 Å². The average molecular weight is 1070 g/mol. The van der Waals surface area contributed by atoms with E-state index in [9.17, 15) is 0 Å². The molecule has 0 radical (unpaired) electrons. The van der Waals surface area contributed by atoms with Gasteiger partial charge < -0.3 is 19.3 Å². The highest BCUT2D eigenvalue weighted by Gasteiger charge is 2.61. The Hall–Kier alpha value is -9.59. The molecule has 9 aromatic carbocycles. The summed E-state index contributed by atoms with van der Waals surface area (Å²) in [6.07, 6.45) is 18.2. The summed E-state index contributed by atoms with van der Waals surface area (Å²) in [7, 11) is 0. The van der Waals surface area contributed by atoms with Gasteiger partial charge in [0.15, 0.2) is 0 Å². The third kappa shape index (κ3) is 7.74. The number of ether oxygens (including phenoxy) is 1. The van der Waals surface area contributed by atoms with E-state index in [1.807, 2.05) is 0 Å². The molecule has 0 saturated heterocycles. The normalized spacial score (nSPS) is 20.9. The van der Waals surface area contributed by atoms with Gasteiger partial charge in [0.05, 0.1) is 28.1 Å². The number of aromatic nitrogens is 2. The molecule has 2 aromatic heterocycles. The molecule has 6 nitrogen and oxygen atoms in total. The van der Waals surface area contributed by atoms with E-state index in [4.69, 9.17) is 9.72 Å². The number of fused-ring (bicyclic) bond motifs is 7. The van der Waals surface area contributed by atoms with Gasteiger partial charge in [-0.25, -0.2) is 4.98 Å². The SMILES string of the molecule is C1=CN2B(C=Cc3ccccc32)C(C2(c3ccnc(-n4c5ccccc5c5ccc(Oc6cc(-c7ccccc7)cc(N7CN(c8c(-c9ccccc9)cccc8-c8ccccc8)c8ccccc87)c6)cc54)c3)C3CC4CC(C3)CC2C4)=C1. The van der Waals surface area contributed by atoms with Gasteiger partial charge >= 0.3 is 6.85 Å². The molecule has 0 amide bonds. The molecule has 398 valence electrons. The first-order valence-electron chi connectivity index (χ1n) is 29.8. The van der Waals surface area contributed by atoms with E-state index in [1.165, 1.54) is 87.6 Å². The van der Waals surface area contributed by atoms with Crippen molar-refractivity contribution in [1.29, 1.82) is 0 Å². The lowest BCUT2D eigenvalue weighted by molar-refractivity contribution is -0.0408. The number of rotatable bonds is 10. The minimum absolute atomic E-state index is 0.119. The Morgan fingerprint density at radius 2 is 1.13 bits per heavy atom. The Balaban J connectivity index is 0.778. The van der Waals surface area contributed by atoms with E-state index in [1.54, 1.807) is 5.47 Å². The highest BCUT2D eigenvalue weighted by atomic mass is 16.5. The molecule has 0 N–H and O–H groups in total. The molecule has 4 fully saturated rings. The van der Waals surface area contributed by atoms with Crippen LogP contribution in [0.5, 0.6) is 11.5 Å². The Bertz CT molecular complexity index is 4360. The highest BCUT2D eigenvalue weighted by Crippen LogP contribution is 2.66. The maximum atomic E-state index is 7.24. The molecule has 7 heteroatoms.